The van der Waals surface area contributed by atoms with E-state index >= 15 is 0 Å². The van der Waals surface area contributed by atoms with Gasteiger partial charge in [0.1, 0.15) is 23.0 Å². The molecule has 0 saturated heterocycles. The van der Waals surface area contributed by atoms with Crippen LogP contribution in [0.3, 0.4) is 0 Å². The average Bonchev–Trinajstić information content (AvgIpc) is 3.02. The van der Waals surface area contributed by atoms with Gasteiger partial charge >= 0.3 is 0 Å². The molecule has 0 amide bonds. The molecular weight excluding hydrogens is 768 g/mol. The number of halogens is 2. The van der Waals surface area contributed by atoms with Crippen molar-refractivity contribution in [3.63, 3.8) is 0 Å². The minimum atomic E-state index is -0.210. The van der Waals surface area contributed by atoms with E-state index in [0.717, 1.165) is 20.1 Å². The molecule has 8 bridgehead atoms. The summed E-state index contributed by atoms with van der Waals surface area (Å²) in [4.78, 5) is 0. The van der Waals surface area contributed by atoms with E-state index in [4.69, 9.17) is 18.9 Å². The summed E-state index contributed by atoms with van der Waals surface area (Å²) < 4.78 is 25.8. The van der Waals surface area contributed by atoms with Crippen LogP contribution in [0.15, 0.2) is 57.5 Å². The molecule has 0 spiro atoms. The van der Waals surface area contributed by atoms with Crippen molar-refractivity contribution in [1.29, 1.82) is 0 Å². The van der Waals surface area contributed by atoms with Crippen molar-refractivity contribution in [3.05, 3.63) is 113 Å². The Labute approximate surface area is 311 Å². The maximum atomic E-state index is 11.4. The van der Waals surface area contributed by atoms with E-state index in [1.165, 1.54) is 0 Å². The Morgan fingerprint density at radius 3 is 0.740 bits per heavy atom. The molecule has 268 valence electrons. The molecule has 8 nitrogen and oxygen atoms in total. The number of hydrogen-bond donors (Lipinski definition) is 4. The Hall–Kier alpha value is -3.12. The summed E-state index contributed by atoms with van der Waals surface area (Å²) in [6.45, 7) is 13.4. The fourth-order valence-corrected chi connectivity index (χ4v) is 6.89. The third kappa shape index (κ3) is 9.21. The number of benzene rings is 4. The highest BCUT2D eigenvalue weighted by atomic mass is 79.9. The third-order valence-electron chi connectivity index (χ3n) is 8.79. The Balaban J connectivity index is 1.52. The minimum absolute atomic E-state index is 0.0537. The Morgan fingerprint density at radius 2 is 0.560 bits per heavy atom. The largest absolute Gasteiger partial charge is 0.507 e. The van der Waals surface area contributed by atoms with Crippen molar-refractivity contribution in [3.8, 4) is 23.0 Å². The van der Waals surface area contributed by atoms with Crippen molar-refractivity contribution < 1.29 is 39.4 Å². The van der Waals surface area contributed by atoms with Crippen molar-refractivity contribution >= 4 is 31.9 Å². The summed E-state index contributed by atoms with van der Waals surface area (Å²) in [5.41, 5.74) is 6.26. The van der Waals surface area contributed by atoms with Crippen LogP contribution in [0.4, 0.5) is 0 Å². The molecular formula is C40H46Br2O8. The van der Waals surface area contributed by atoms with Gasteiger partial charge in [-0.05, 0) is 70.5 Å². The highest BCUT2D eigenvalue weighted by molar-refractivity contribution is 9.10. The van der Waals surface area contributed by atoms with E-state index in [2.05, 4.69) is 73.4 Å². The molecule has 1 aliphatic heterocycles. The second-order valence-electron chi connectivity index (χ2n) is 14.9. The van der Waals surface area contributed by atoms with Gasteiger partial charge in [-0.1, -0.05) is 73.4 Å². The second kappa shape index (κ2) is 15.6. The summed E-state index contributed by atoms with van der Waals surface area (Å²) in [6.07, 6.45) is 0. The lowest BCUT2D eigenvalue weighted by atomic mass is 9.84. The van der Waals surface area contributed by atoms with Crippen LogP contribution in [-0.4, -0.2) is 20.4 Å². The van der Waals surface area contributed by atoms with E-state index in [-0.39, 0.29) is 86.7 Å². The molecule has 0 unspecified atom stereocenters. The van der Waals surface area contributed by atoms with Gasteiger partial charge in [-0.25, -0.2) is 0 Å². The van der Waals surface area contributed by atoms with Crippen LogP contribution in [0, 0.1) is 0 Å². The molecule has 0 fully saturated rings. The molecule has 10 heteroatoms. The predicted octanol–water partition coefficient (Wildman–Crippen LogP) is 9.81. The van der Waals surface area contributed by atoms with Gasteiger partial charge in [0.25, 0.3) is 0 Å². The van der Waals surface area contributed by atoms with Crippen LogP contribution in [0.1, 0.15) is 97.2 Å². The summed E-state index contributed by atoms with van der Waals surface area (Å²) in [5, 5.41) is 45.0. The lowest BCUT2D eigenvalue weighted by Gasteiger charge is -2.23. The number of ether oxygens (including phenoxy) is 4. The first-order chi connectivity index (χ1) is 23.5. The summed E-state index contributed by atoms with van der Waals surface area (Å²) in [6, 6.07) is 14.9. The predicted molar refractivity (Wildman–Crippen MR) is 199 cm³/mol. The molecule has 50 heavy (non-hydrogen) atoms. The number of phenolic OH excluding ortho intramolecular Hbond substituents is 4. The number of fused-ring (bicyclic) bond motifs is 8. The third-order valence-corrected chi connectivity index (χ3v) is 9.71. The maximum Gasteiger partial charge on any atom is 0.126 e. The molecule has 4 aromatic carbocycles. The number of phenols is 4. The van der Waals surface area contributed by atoms with Gasteiger partial charge in [0.05, 0.1) is 52.9 Å². The van der Waals surface area contributed by atoms with Crippen molar-refractivity contribution in [1.82, 2.24) is 0 Å². The highest BCUT2D eigenvalue weighted by Gasteiger charge is 2.22. The van der Waals surface area contributed by atoms with E-state index in [1.807, 2.05) is 24.3 Å². The summed E-state index contributed by atoms with van der Waals surface area (Å²) in [7, 11) is 0. The normalized spacial score (nSPS) is 15.4. The van der Waals surface area contributed by atoms with Gasteiger partial charge in [-0.2, -0.15) is 0 Å². The van der Waals surface area contributed by atoms with E-state index < -0.39 is 0 Å². The van der Waals surface area contributed by atoms with Crippen molar-refractivity contribution in [2.45, 2.75) is 105 Å². The first-order valence-electron chi connectivity index (χ1n) is 16.5. The van der Waals surface area contributed by atoms with E-state index in [0.29, 0.717) is 44.5 Å². The van der Waals surface area contributed by atoms with Crippen LogP contribution in [-0.2, 0) is 82.6 Å². The second-order valence-corrected chi connectivity index (χ2v) is 16.7. The lowest BCUT2D eigenvalue weighted by molar-refractivity contribution is 0.0930. The first-order valence-corrected chi connectivity index (χ1v) is 18.1. The number of hydrogen-bond acceptors (Lipinski definition) is 8. The van der Waals surface area contributed by atoms with Gasteiger partial charge in [0, 0.05) is 53.5 Å². The molecule has 0 aliphatic carbocycles. The first kappa shape index (κ1) is 38.1. The van der Waals surface area contributed by atoms with Gasteiger partial charge in [0.15, 0.2) is 0 Å². The van der Waals surface area contributed by atoms with Gasteiger partial charge in [-0.3, -0.25) is 0 Å². The van der Waals surface area contributed by atoms with Crippen LogP contribution in [0.25, 0.3) is 0 Å². The topological polar surface area (TPSA) is 118 Å². The summed E-state index contributed by atoms with van der Waals surface area (Å²) in [5.74, 6) is 0.274. The molecule has 1 heterocycles. The number of rotatable bonds is 0. The molecule has 0 aromatic heterocycles. The van der Waals surface area contributed by atoms with Crippen molar-refractivity contribution in [2.24, 2.45) is 0 Å². The monoisotopic (exact) mass is 812 g/mol. The molecule has 4 N–H and O–H groups in total. The standard InChI is InChI=1S/C40H46Br2O8/c1-39(2,3)31-7-23-15-47-16-24-8-32(40(4,5)6)10-26(36(24)44)18-49-20-28-12-34(42)14-30(38(28)46)22-50-21-29-13-33(41)11-27(37(29)45)19-48-17-25(9-31)35(23)43/h7-14,43-46H,15-22H2,1-6H3. The lowest BCUT2D eigenvalue weighted by Crippen LogP contribution is -2.14. The maximum absolute atomic E-state index is 11.4. The molecule has 0 atom stereocenters. The molecule has 0 saturated carbocycles. The SMILES string of the molecule is CC(C)(C)c1cc2c(O)c(c1)COCc1cc(C(C)(C)C)cc(c1O)COCc1cc(Br)cc(c1O)COCc1cc(Br)cc(c1O)COC2. The van der Waals surface area contributed by atoms with E-state index in [9.17, 15) is 20.4 Å². The molecule has 5 rings (SSSR count). The fraction of sp³-hybridized carbons (Fsp3) is 0.400. The quantitative estimate of drug-likeness (QED) is 0.139. The van der Waals surface area contributed by atoms with Crippen LogP contribution >= 0.6 is 31.9 Å². The Bertz CT molecular complexity index is 1720. The Morgan fingerprint density at radius 1 is 0.380 bits per heavy atom. The van der Waals surface area contributed by atoms with Gasteiger partial charge in [0.2, 0.25) is 0 Å². The molecule has 0 radical (unpaired) electrons. The highest BCUT2D eigenvalue weighted by Crippen LogP contribution is 2.37. The molecule has 4 aromatic rings. The molecule has 1 aliphatic rings. The zero-order valence-electron chi connectivity index (χ0n) is 29.5. The zero-order valence-corrected chi connectivity index (χ0v) is 32.6. The van der Waals surface area contributed by atoms with Gasteiger partial charge < -0.3 is 39.4 Å². The average molecular weight is 815 g/mol. The fourth-order valence-electron chi connectivity index (χ4n) is 5.79. The van der Waals surface area contributed by atoms with E-state index in [1.54, 1.807) is 24.3 Å². The van der Waals surface area contributed by atoms with Crippen LogP contribution in [0.5, 0.6) is 23.0 Å². The summed E-state index contributed by atoms with van der Waals surface area (Å²) >= 11 is 7.07. The minimum Gasteiger partial charge on any atom is -0.507 e. The van der Waals surface area contributed by atoms with Crippen LogP contribution < -0.4 is 0 Å². The zero-order chi connectivity index (χ0) is 36.4. The smallest absolute Gasteiger partial charge is 0.126 e. The Kier molecular flexibility index (Phi) is 11.9. The van der Waals surface area contributed by atoms with Crippen LogP contribution in [0.2, 0.25) is 0 Å². The number of aromatic hydroxyl groups is 4. The van der Waals surface area contributed by atoms with Gasteiger partial charge in [-0.15, -0.1) is 0 Å². The van der Waals surface area contributed by atoms with Crippen molar-refractivity contribution in [2.75, 3.05) is 0 Å².